The second-order valence-electron chi connectivity index (χ2n) is 7.17. The highest BCUT2D eigenvalue weighted by atomic mass is 16.6. The number of carbonyl (C=O) groups excluding carboxylic acids is 2. The van der Waals surface area contributed by atoms with E-state index in [1.807, 2.05) is 12.1 Å². The largest absolute Gasteiger partial charge is 0.449 e. The first-order valence-electron chi connectivity index (χ1n) is 9.17. The quantitative estimate of drug-likeness (QED) is 0.429. The van der Waals surface area contributed by atoms with Gasteiger partial charge in [0.15, 0.2) is 6.10 Å². The summed E-state index contributed by atoms with van der Waals surface area (Å²) in [5.41, 5.74) is 1.88. The highest BCUT2D eigenvalue weighted by Crippen LogP contribution is 2.28. The average Bonchev–Trinajstić information content (AvgIpc) is 2.67. The number of anilines is 2. The van der Waals surface area contributed by atoms with Crippen molar-refractivity contribution in [2.75, 3.05) is 24.3 Å². The van der Waals surface area contributed by atoms with Gasteiger partial charge in [-0.05, 0) is 42.7 Å². The Balaban J connectivity index is 2.06. The van der Waals surface area contributed by atoms with E-state index in [-0.39, 0.29) is 11.3 Å². The van der Waals surface area contributed by atoms with E-state index in [0.29, 0.717) is 17.3 Å². The van der Waals surface area contributed by atoms with Crippen LogP contribution in [0, 0.1) is 10.1 Å². The number of ether oxygens (including phenoxy) is 1. The van der Waals surface area contributed by atoms with Crippen molar-refractivity contribution in [1.82, 2.24) is 0 Å². The molecule has 2 rings (SSSR count). The van der Waals surface area contributed by atoms with Gasteiger partial charge in [0.1, 0.15) is 5.69 Å². The van der Waals surface area contributed by atoms with Crippen LogP contribution >= 0.6 is 0 Å². The highest BCUT2D eigenvalue weighted by molar-refractivity contribution is 5.97. The molecular weight excluding hydrogens is 374 g/mol. The van der Waals surface area contributed by atoms with E-state index in [1.54, 1.807) is 31.1 Å². The molecule has 0 bridgehead atoms. The lowest BCUT2D eigenvalue weighted by molar-refractivity contribution is -0.384. The molecule has 0 fully saturated rings. The second kappa shape index (κ2) is 9.18. The van der Waals surface area contributed by atoms with Gasteiger partial charge in [0.25, 0.3) is 11.6 Å². The summed E-state index contributed by atoms with van der Waals surface area (Å²) < 4.78 is 5.18. The number of nitro groups is 1. The van der Waals surface area contributed by atoms with Crippen molar-refractivity contribution in [1.29, 1.82) is 0 Å². The van der Waals surface area contributed by atoms with Gasteiger partial charge in [-0.25, -0.2) is 4.79 Å². The molecule has 154 valence electrons. The van der Waals surface area contributed by atoms with Crippen molar-refractivity contribution >= 4 is 28.9 Å². The number of nitrogens with one attached hydrogen (secondary N) is 1. The third-order valence-corrected chi connectivity index (χ3v) is 4.39. The SMILES string of the molecule is CC(C)c1ccc(NC(=O)[C@@H](C)OC(=O)c2ccc(N(C)C)c([N+](=O)[O-])c2)cc1. The first kappa shape index (κ1) is 21.9. The molecule has 1 amide bonds. The molecule has 0 saturated heterocycles. The zero-order valence-electron chi connectivity index (χ0n) is 17.1. The predicted molar refractivity (Wildman–Crippen MR) is 111 cm³/mol. The summed E-state index contributed by atoms with van der Waals surface area (Å²) in [6.45, 7) is 5.59. The third-order valence-electron chi connectivity index (χ3n) is 4.39. The van der Waals surface area contributed by atoms with Crippen LogP contribution in [0.5, 0.6) is 0 Å². The lowest BCUT2D eigenvalue weighted by Gasteiger charge is -2.15. The Bertz CT molecular complexity index is 907. The molecule has 0 spiro atoms. The first-order valence-corrected chi connectivity index (χ1v) is 9.17. The fraction of sp³-hybridized carbons (Fsp3) is 0.333. The molecule has 0 aliphatic heterocycles. The lowest BCUT2D eigenvalue weighted by atomic mass is 10.0. The molecule has 0 radical (unpaired) electrons. The Morgan fingerprint density at radius 1 is 1.07 bits per heavy atom. The lowest BCUT2D eigenvalue weighted by Crippen LogP contribution is -2.30. The summed E-state index contributed by atoms with van der Waals surface area (Å²) in [5, 5.41) is 14.0. The zero-order valence-corrected chi connectivity index (χ0v) is 17.1. The van der Waals surface area contributed by atoms with Crippen molar-refractivity contribution in [2.45, 2.75) is 32.8 Å². The molecule has 8 nitrogen and oxygen atoms in total. The number of amides is 1. The first-order chi connectivity index (χ1) is 13.6. The van der Waals surface area contributed by atoms with Crippen LogP contribution in [0.1, 0.15) is 42.6 Å². The van der Waals surface area contributed by atoms with E-state index in [9.17, 15) is 19.7 Å². The maximum Gasteiger partial charge on any atom is 0.339 e. The van der Waals surface area contributed by atoms with Gasteiger partial charge < -0.3 is 15.0 Å². The van der Waals surface area contributed by atoms with E-state index in [1.165, 1.54) is 19.1 Å². The van der Waals surface area contributed by atoms with Gasteiger partial charge in [0.05, 0.1) is 10.5 Å². The van der Waals surface area contributed by atoms with E-state index in [0.717, 1.165) is 11.6 Å². The maximum absolute atomic E-state index is 12.3. The number of hydrogen-bond acceptors (Lipinski definition) is 6. The number of hydrogen-bond donors (Lipinski definition) is 1. The minimum absolute atomic E-state index is 0.00300. The Kier molecular flexibility index (Phi) is 6.93. The van der Waals surface area contributed by atoms with Crippen molar-refractivity contribution in [2.24, 2.45) is 0 Å². The summed E-state index contributed by atoms with van der Waals surface area (Å²) >= 11 is 0. The Morgan fingerprint density at radius 2 is 1.69 bits per heavy atom. The molecule has 2 aromatic carbocycles. The average molecular weight is 399 g/mol. The van der Waals surface area contributed by atoms with E-state index >= 15 is 0 Å². The molecule has 0 aromatic heterocycles. The number of nitro benzene ring substituents is 1. The van der Waals surface area contributed by atoms with Gasteiger partial charge in [0, 0.05) is 25.8 Å². The van der Waals surface area contributed by atoms with Crippen LogP contribution in [0.15, 0.2) is 42.5 Å². The number of rotatable bonds is 7. The van der Waals surface area contributed by atoms with Gasteiger partial charge in [0.2, 0.25) is 0 Å². The van der Waals surface area contributed by atoms with E-state index in [4.69, 9.17) is 4.74 Å². The third kappa shape index (κ3) is 5.54. The Hall–Kier alpha value is -3.42. The van der Waals surface area contributed by atoms with Crippen LogP contribution in [0.4, 0.5) is 17.1 Å². The molecule has 0 aliphatic carbocycles. The van der Waals surface area contributed by atoms with Crippen molar-refractivity contribution in [3.8, 4) is 0 Å². The molecule has 1 N–H and O–H groups in total. The van der Waals surface area contributed by atoms with Crippen molar-refractivity contribution in [3.63, 3.8) is 0 Å². The molecular formula is C21H25N3O5. The van der Waals surface area contributed by atoms with Crippen molar-refractivity contribution in [3.05, 3.63) is 63.7 Å². The van der Waals surface area contributed by atoms with Gasteiger partial charge in [-0.15, -0.1) is 0 Å². The molecule has 0 aliphatic rings. The van der Waals surface area contributed by atoms with Crippen LogP contribution in [0.3, 0.4) is 0 Å². The molecule has 0 saturated carbocycles. The van der Waals surface area contributed by atoms with Gasteiger partial charge in [-0.2, -0.15) is 0 Å². The number of carbonyl (C=O) groups is 2. The predicted octanol–water partition coefficient (Wildman–Crippen LogP) is 3.97. The summed E-state index contributed by atoms with van der Waals surface area (Å²) in [5.74, 6) is -0.922. The normalized spacial score (nSPS) is 11.7. The second-order valence-corrected chi connectivity index (χ2v) is 7.17. The minimum Gasteiger partial charge on any atom is -0.449 e. The van der Waals surface area contributed by atoms with Crippen LogP contribution in [-0.2, 0) is 9.53 Å². The van der Waals surface area contributed by atoms with Gasteiger partial charge >= 0.3 is 5.97 Å². The number of nitrogens with zero attached hydrogens (tertiary/aromatic N) is 2. The van der Waals surface area contributed by atoms with Crippen LogP contribution in [0.2, 0.25) is 0 Å². The minimum atomic E-state index is -1.07. The van der Waals surface area contributed by atoms with Crippen LogP contribution in [0.25, 0.3) is 0 Å². The summed E-state index contributed by atoms with van der Waals surface area (Å²) in [4.78, 5) is 36.9. The summed E-state index contributed by atoms with van der Waals surface area (Å²) in [6.07, 6.45) is -1.07. The maximum atomic E-state index is 12.3. The molecule has 29 heavy (non-hydrogen) atoms. The van der Waals surface area contributed by atoms with Crippen LogP contribution in [-0.4, -0.2) is 37.0 Å². The fourth-order valence-corrected chi connectivity index (χ4v) is 2.65. The smallest absolute Gasteiger partial charge is 0.339 e. The number of benzene rings is 2. The van der Waals surface area contributed by atoms with Gasteiger partial charge in [-0.1, -0.05) is 26.0 Å². The molecule has 0 heterocycles. The molecule has 8 heteroatoms. The number of esters is 1. The fourth-order valence-electron chi connectivity index (χ4n) is 2.65. The summed E-state index contributed by atoms with van der Waals surface area (Å²) in [7, 11) is 3.33. The van der Waals surface area contributed by atoms with Crippen LogP contribution < -0.4 is 10.2 Å². The molecule has 2 aromatic rings. The Labute approximate surface area is 169 Å². The summed E-state index contributed by atoms with van der Waals surface area (Å²) in [6, 6.07) is 11.4. The van der Waals surface area contributed by atoms with Crippen molar-refractivity contribution < 1.29 is 19.2 Å². The van der Waals surface area contributed by atoms with Gasteiger partial charge in [-0.3, -0.25) is 14.9 Å². The highest BCUT2D eigenvalue weighted by Gasteiger charge is 2.23. The Morgan fingerprint density at radius 3 is 2.21 bits per heavy atom. The van der Waals surface area contributed by atoms with E-state index in [2.05, 4.69) is 19.2 Å². The standard InChI is InChI=1S/C21H25N3O5/c1-13(2)15-6-9-17(10-7-15)22-20(25)14(3)29-21(26)16-8-11-18(23(4)5)19(12-16)24(27)28/h6-14H,1-5H3,(H,22,25)/t14-/m1/s1. The zero-order chi connectivity index (χ0) is 21.7. The molecule has 0 unspecified atom stereocenters. The molecule has 1 atom stereocenters. The topological polar surface area (TPSA) is 102 Å². The monoisotopic (exact) mass is 399 g/mol. The van der Waals surface area contributed by atoms with E-state index < -0.39 is 22.9 Å².